The SMILES string of the molecule is CCCCCCCCNS(=O)(=O)c1c(C)csc1CO. The molecule has 0 amide bonds. The van der Waals surface area contributed by atoms with Crippen LogP contribution < -0.4 is 4.72 Å². The highest BCUT2D eigenvalue weighted by Gasteiger charge is 2.21. The van der Waals surface area contributed by atoms with Gasteiger partial charge in [0.1, 0.15) is 4.90 Å². The van der Waals surface area contributed by atoms with E-state index in [9.17, 15) is 13.5 Å². The van der Waals surface area contributed by atoms with E-state index in [0.717, 1.165) is 19.3 Å². The molecule has 1 aromatic heterocycles. The Hall–Kier alpha value is -0.430. The predicted molar refractivity (Wildman–Crippen MR) is 83.5 cm³/mol. The van der Waals surface area contributed by atoms with Gasteiger partial charge in [-0.2, -0.15) is 0 Å². The lowest BCUT2D eigenvalue weighted by Crippen LogP contribution is -2.25. The van der Waals surface area contributed by atoms with E-state index in [0.29, 0.717) is 17.0 Å². The van der Waals surface area contributed by atoms with Crippen molar-refractivity contribution < 1.29 is 13.5 Å². The Morgan fingerprint density at radius 1 is 1.20 bits per heavy atom. The minimum Gasteiger partial charge on any atom is -0.391 e. The molecule has 0 spiro atoms. The summed E-state index contributed by atoms with van der Waals surface area (Å²) in [6, 6.07) is 0. The fourth-order valence-electron chi connectivity index (χ4n) is 2.14. The van der Waals surface area contributed by atoms with E-state index in [2.05, 4.69) is 11.6 Å². The van der Waals surface area contributed by atoms with Crippen molar-refractivity contribution in [1.82, 2.24) is 4.72 Å². The first kappa shape index (κ1) is 17.6. The zero-order valence-electron chi connectivity index (χ0n) is 12.3. The van der Waals surface area contributed by atoms with Crippen molar-refractivity contribution in [2.45, 2.75) is 63.9 Å². The minimum atomic E-state index is -3.49. The summed E-state index contributed by atoms with van der Waals surface area (Å²) in [5.74, 6) is 0. The number of aliphatic hydroxyl groups is 1. The Labute approximate surface area is 126 Å². The van der Waals surface area contributed by atoms with E-state index in [4.69, 9.17) is 0 Å². The van der Waals surface area contributed by atoms with E-state index in [-0.39, 0.29) is 11.5 Å². The Bertz CT molecular complexity index is 495. The van der Waals surface area contributed by atoms with Crippen molar-refractivity contribution in [2.75, 3.05) is 6.54 Å². The third kappa shape index (κ3) is 5.16. The maximum Gasteiger partial charge on any atom is 0.242 e. The Balaban J connectivity index is 2.44. The molecule has 0 fully saturated rings. The third-order valence-corrected chi connectivity index (χ3v) is 6.13. The smallest absolute Gasteiger partial charge is 0.242 e. The van der Waals surface area contributed by atoms with Crippen molar-refractivity contribution in [3.05, 3.63) is 15.8 Å². The lowest BCUT2D eigenvalue weighted by molar-refractivity contribution is 0.282. The molecule has 4 nitrogen and oxygen atoms in total. The van der Waals surface area contributed by atoms with Gasteiger partial charge in [0, 0.05) is 6.54 Å². The third-order valence-electron chi connectivity index (χ3n) is 3.22. The number of aryl methyl sites for hydroxylation is 1. The zero-order chi connectivity index (χ0) is 15.0. The van der Waals surface area contributed by atoms with Crippen molar-refractivity contribution in [2.24, 2.45) is 0 Å². The van der Waals surface area contributed by atoms with Gasteiger partial charge in [0.15, 0.2) is 0 Å². The number of thiophene rings is 1. The summed E-state index contributed by atoms with van der Waals surface area (Å²) in [5, 5.41) is 11.0. The average molecular weight is 319 g/mol. The van der Waals surface area contributed by atoms with Crippen LogP contribution in [0.1, 0.15) is 55.9 Å². The molecule has 0 aliphatic carbocycles. The first-order valence-corrected chi connectivity index (χ1v) is 9.56. The summed E-state index contributed by atoms with van der Waals surface area (Å²) in [6.45, 7) is 4.17. The van der Waals surface area contributed by atoms with E-state index in [1.54, 1.807) is 12.3 Å². The summed E-state index contributed by atoms with van der Waals surface area (Å²) < 4.78 is 27.1. The van der Waals surface area contributed by atoms with Crippen molar-refractivity contribution in [1.29, 1.82) is 0 Å². The van der Waals surface area contributed by atoms with E-state index >= 15 is 0 Å². The van der Waals surface area contributed by atoms with Gasteiger partial charge in [-0.15, -0.1) is 11.3 Å². The number of aliphatic hydroxyl groups excluding tert-OH is 1. The Morgan fingerprint density at radius 2 is 1.85 bits per heavy atom. The second-order valence-electron chi connectivity index (χ2n) is 4.99. The van der Waals surface area contributed by atoms with Gasteiger partial charge in [0.25, 0.3) is 0 Å². The standard InChI is InChI=1S/C14H25NO3S2/c1-3-4-5-6-7-8-9-15-20(17,18)14-12(2)11-19-13(14)10-16/h11,15-16H,3-10H2,1-2H3. The molecule has 0 saturated heterocycles. The molecule has 0 saturated carbocycles. The van der Waals surface area contributed by atoms with Crippen LogP contribution in [0.3, 0.4) is 0 Å². The highest BCUT2D eigenvalue weighted by molar-refractivity contribution is 7.89. The molecule has 0 bridgehead atoms. The van der Waals surface area contributed by atoms with Crippen LogP contribution in [-0.4, -0.2) is 20.1 Å². The van der Waals surface area contributed by atoms with Crippen LogP contribution in [0.15, 0.2) is 10.3 Å². The topological polar surface area (TPSA) is 66.4 Å². The first-order chi connectivity index (χ1) is 9.53. The number of nitrogens with one attached hydrogen (secondary N) is 1. The van der Waals surface area contributed by atoms with Crippen molar-refractivity contribution >= 4 is 21.4 Å². The van der Waals surface area contributed by atoms with Crippen LogP contribution in [-0.2, 0) is 16.6 Å². The molecule has 0 unspecified atom stereocenters. The fourth-order valence-corrected chi connectivity index (χ4v) is 4.87. The van der Waals surface area contributed by atoms with Crippen LogP contribution in [0.4, 0.5) is 0 Å². The molecule has 1 heterocycles. The molecular formula is C14H25NO3S2. The number of sulfonamides is 1. The number of unbranched alkanes of at least 4 members (excludes halogenated alkanes) is 5. The first-order valence-electron chi connectivity index (χ1n) is 7.20. The largest absolute Gasteiger partial charge is 0.391 e. The molecule has 2 N–H and O–H groups in total. The van der Waals surface area contributed by atoms with Gasteiger partial charge in [0.2, 0.25) is 10.0 Å². The lowest BCUT2D eigenvalue weighted by Gasteiger charge is -2.08. The highest BCUT2D eigenvalue weighted by Crippen LogP contribution is 2.26. The molecule has 0 aromatic carbocycles. The van der Waals surface area contributed by atoms with E-state index in [1.165, 1.54) is 30.6 Å². The lowest BCUT2D eigenvalue weighted by atomic mass is 10.1. The molecule has 1 rings (SSSR count). The molecular weight excluding hydrogens is 294 g/mol. The Morgan fingerprint density at radius 3 is 2.50 bits per heavy atom. The summed E-state index contributed by atoms with van der Waals surface area (Å²) in [4.78, 5) is 0.772. The Kier molecular flexibility index (Phi) is 7.72. The van der Waals surface area contributed by atoms with Crippen LogP contribution in [0.2, 0.25) is 0 Å². The maximum atomic E-state index is 12.2. The van der Waals surface area contributed by atoms with Gasteiger partial charge in [-0.3, -0.25) is 0 Å². The number of hydrogen-bond donors (Lipinski definition) is 2. The number of hydrogen-bond acceptors (Lipinski definition) is 4. The van der Waals surface area contributed by atoms with Gasteiger partial charge < -0.3 is 5.11 Å². The molecule has 116 valence electrons. The summed E-state index contributed by atoms with van der Waals surface area (Å²) >= 11 is 1.29. The summed E-state index contributed by atoms with van der Waals surface area (Å²) in [5.41, 5.74) is 0.703. The van der Waals surface area contributed by atoms with Crippen LogP contribution in [0.25, 0.3) is 0 Å². The fraction of sp³-hybridized carbons (Fsp3) is 0.714. The molecule has 0 aliphatic heterocycles. The van der Waals surface area contributed by atoms with Crippen molar-refractivity contribution in [3.8, 4) is 0 Å². The second-order valence-corrected chi connectivity index (χ2v) is 7.66. The van der Waals surface area contributed by atoms with Crippen LogP contribution in [0.5, 0.6) is 0 Å². The van der Waals surface area contributed by atoms with Crippen LogP contribution in [0, 0.1) is 6.92 Å². The van der Waals surface area contributed by atoms with Crippen molar-refractivity contribution in [3.63, 3.8) is 0 Å². The second kappa shape index (κ2) is 8.77. The maximum absolute atomic E-state index is 12.2. The van der Waals surface area contributed by atoms with E-state index in [1.807, 2.05) is 0 Å². The quantitative estimate of drug-likeness (QED) is 0.651. The van der Waals surface area contributed by atoms with Gasteiger partial charge >= 0.3 is 0 Å². The monoisotopic (exact) mass is 319 g/mol. The molecule has 0 aliphatic rings. The van der Waals surface area contributed by atoms with Gasteiger partial charge in [-0.1, -0.05) is 39.0 Å². The van der Waals surface area contributed by atoms with Gasteiger partial charge in [0.05, 0.1) is 11.5 Å². The normalized spacial score (nSPS) is 11.9. The average Bonchev–Trinajstić information content (AvgIpc) is 2.79. The van der Waals surface area contributed by atoms with Gasteiger partial charge in [-0.25, -0.2) is 13.1 Å². The van der Waals surface area contributed by atoms with Gasteiger partial charge in [-0.05, 0) is 24.3 Å². The molecule has 0 atom stereocenters. The predicted octanol–water partition coefficient (Wildman–Crippen LogP) is 3.19. The zero-order valence-corrected chi connectivity index (χ0v) is 13.9. The summed E-state index contributed by atoms with van der Waals surface area (Å²) in [6.07, 6.45) is 6.77. The molecule has 1 aromatic rings. The highest BCUT2D eigenvalue weighted by atomic mass is 32.2. The number of rotatable bonds is 10. The molecule has 0 radical (unpaired) electrons. The summed E-state index contributed by atoms with van der Waals surface area (Å²) in [7, 11) is -3.49. The minimum absolute atomic E-state index is 0.230. The van der Waals surface area contributed by atoms with Crippen LogP contribution >= 0.6 is 11.3 Å². The van der Waals surface area contributed by atoms with E-state index < -0.39 is 10.0 Å². The molecule has 20 heavy (non-hydrogen) atoms. The molecule has 6 heteroatoms.